The van der Waals surface area contributed by atoms with Crippen molar-refractivity contribution in [2.45, 2.75) is 45.4 Å². The third kappa shape index (κ3) is 2.90. The molecule has 0 aromatic carbocycles. The van der Waals surface area contributed by atoms with Crippen molar-refractivity contribution in [1.29, 1.82) is 0 Å². The molecule has 0 radical (unpaired) electrons. The summed E-state index contributed by atoms with van der Waals surface area (Å²) in [6, 6.07) is 0. The van der Waals surface area contributed by atoms with Crippen LogP contribution in [0.15, 0.2) is 11.0 Å². The monoisotopic (exact) mass is 170 g/mol. The highest BCUT2D eigenvalue weighted by Gasteiger charge is 2.14. The maximum Gasteiger partial charge on any atom is -0.0108 e. The Morgan fingerprint density at radius 3 is 2.55 bits per heavy atom. The van der Waals surface area contributed by atoms with Crippen molar-refractivity contribution in [3.05, 3.63) is 11.0 Å². The molecule has 64 valence electrons. The van der Waals surface area contributed by atoms with E-state index in [2.05, 4.69) is 25.6 Å². The molecular weight excluding hydrogens is 152 g/mol. The van der Waals surface area contributed by atoms with Gasteiger partial charge in [-0.1, -0.05) is 32.3 Å². The zero-order chi connectivity index (χ0) is 8.10. The molecule has 1 fully saturated rings. The van der Waals surface area contributed by atoms with Gasteiger partial charge < -0.3 is 0 Å². The Morgan fingerprint density at radius 1 is 1.36 bits per heavy atom. The van der Waals surface area contributed by atoms with Gasteiger partial charge in [0.05, 0.1) is 0 Å². The minimum atomic E-state index is 0.798. The van der Waals surface area contributed by atoms with Gasteiger partial charge in [0.2, 0.25) is 0 Å². The zero-order valence-corrected chi connectivity index (χ0v) is 8.24. The largest absolute Gasteiger partial charge is 0.148 e. The topological polar surface area (TPSA) is 0 Å². The average molecular weight is 170 g/mol. The van der Waals surface area contributed by atoms with Crippen molar-refractivity contribution in [3.8, 4) is 0 Å². The van der Waals surface area contributed by atoms with Crippen LogP contribution in [0, 0.1) is 5.92 Å². The summed E-state index contributed by atoms with van der Waals surface area (Å²) in [5.74, 6) is 0.798. The minimum Gasteiger partial charge on any atom is -0.148 e. The number of hydrogen-bond donors (Lipinski definition) is 1. The highest BCUT2D eigenvalue weighted by Crippen LogP contribution is 2.31. The van der Waals surface area contributed by atoms with Gasteiger partial charge in [0.25, 0.3) is 0 Å². The lowest BCUT2D eigenvalue weighted by Gasteiger charge is -2.21. The molecule has 0 heterocycles. The molecule has 0 spiro atoms. The van der Waals surface area contributed by atoms with Gasteiger partial charge in [-0.25, -0.2) is 0 Å². The second-order valence-corrected chi connectivity index (χ2v) is 3.89. The van der Waals surface area contributed by atoms with Crippen LogP contribution in [-0.2, 0) is 0 Å². The van der Waals surface area contributed by atoms with Gasteiger partial charge in [-0.2, -0.15) is 0 Å². The summed E-state index contributed by atoms with van der Waals surface area (Å²) >= 11 is 4.51. The van der Waals surface area contributed by atoms with Gasteiger partial charge in [-0.3, -0.25) is 0 Å². The molecule has 0 bridgehead atoms. The quantitative estimate of drug-likeness (QED) is 0.599. The van der Waals surface area contributed by atoms with Crippen LogP contribution < -0.4 is 0 Å². The molecule has 0 aromatic heterocycles. The van der Waals surface area contributed by atoms with Crippen LogP contribution in [0.4, 0.5) is 0 Å². The number of hydrogen-bond acceptors (Lipinski definition) is 1. The van der Waals surface area contributed by atoms with E-state index in [0.29, 0.717) is 0 Å². The van der Waals surface area contributed by atoms with Gasteiger partial charge in [-0.05, 0) is 30.1 Å². The number of thiol groups is 1. The lowest BCUT2D eigenvalue weighted by Crippen LogP contribution is -2.05. The van der Waals surface area contributed by atoms with Crippen molar-refractivity contribution in [2.24, 2.45) is 5.92 Å². The Balaban J connectivity index is 2.38. The predicted molar refractivity (Wildman–Crippen MR) is 53.9 cm³/mol. The number of rotatable bonds is 2. The summed E-state index contributed by atoms with van der Waals surface area (Å²) in [6.07, 6.45) is 10.4. The molecule has 0 saturated heterocycles. The van der Waals surface area contributed by atoms with Crippen molar-refractivity contribution in [2.75, 3.05) is 0 Å². The Hall–Kier alpha value is 0.0900. The molecule has 0 nitrogen and oxygen atoms in total. The summed E-state index contributed by atoms with van der Waals surface area (Å²) in [6.45, 7) is 2.18. The van der Waals surface area contributed by atoms with E-state index in [1.54, 1.807) is 0 Å². The van der Waals surface area contributed by atoms with E-state index < -0.39 is 0 Å². The summed E-state index contributed by atoms with van der Waals surface area (Å²) in [4.78, 5) is 1.34. The summed E-state index contributed by atoms with van der Waals surface area (Å²) in [5, 5.41) is 0. The molecule has 1 heteroatoms. The van der Waals surface area contributed by atoms with Crippen LogP contribution in [0.1, 0.15) is 45.4 Å². The minimum absolute atomic E-state index is 0.798. The fourth-order valence-corrected chi connectivity index (χ4v) is 2.21. The molecule has 0 amide bonds. The van der Waals surface area contributed by atoms with Gasteiger partial charge >= 0.3 is 0 Å². The Kier molecular flexibility index (Phi) is 4.06. The maximum atomic E-state index is 4.51. The summed E-state index contributed by atoms with van der Waals surface area (Å²) in [5.41, 5.74) is 0. The number of allylic oxidation sites excluding steroid dienone is 2. The van der Waals surface area contributed by atoms with Crippen LogP contribution in [-0.4, -0.2) is 0 Å². The molecule has 1 aliphatic rings. The first-order valence-electron chi connectivity index (χ1n) is 4.73. The van der Waals surface area contributed by atoms with Gasteiger partial charge in [0, 0.05) is 0 Å². The zero-order valence-electron chi connectivity index (χ0n) is 7.34. The first-order valence-corrected chi connectivity index (χ1v) is 5.18. The van der Waals surface area contributed by atoms with Gasteiger partial charge in [0.1, 0.15) is 0 Å². The first-order chi connectivity index (χ1) is 5.34. The highest BCUT2D eigenvalue weighted by molar-refractivity contribution is 7.84. The van der Waals surface area contributed by atoms with E-state index in [1.165, 1.54) is 37.0 Å². The Morgan fingerprint density at radius 2 is 2.00 bits per heavy atom. The molecule has 11 heavy (non-hydrogen) atoms. The SMILES string of the molecule is CC/C=C(/S)C1CCCCC1. The molecule has 0 N–H and O–H groups in total. The molecule has 0 atom stereocenters. The summed E-state index contributed by atoms with van der Waals surface area (Å²) < 4.78 is 0. The van der Waals surface area contributed by atoms with Gasteiger partial charge in [0.15, 0.2) is 0 Å². The molecule has 1 rings (SSSR count). The molecule has 1 aliphatic carbocycles. The van der Waals surface area contributed by atoms with Crippen LogP contribution in [0.3, 0.4) is 0 Å². The van der Waals surface area contributed by atoms with Crippen molar-refractivity contribution >= 4 is 12.6 Å². The standard InChI is InChI=1S/C10H18S/c1-2-6-10(11)9-7-4-3-5-8-9/h6,9,11H,2-5,7-8H2,1H3/b10-6+. The van der Waals surface area contributed by atoms with E-state index in [1.807, 2.05) is 0 Å². The highest BCUT2D eigenvalue weighted by atomic mass is 32.1. The van der Waals surface area contributed by atoms with Crippen LogP contribution in [0.25, 0.3) is 0 Å². The molecular formula is C10H18S. The lowest BCUT2D eigenvalue weighted by atomic mass is 9.89. The van der Waals surface area contributed by atoms with Crippen molar-refractivity contribution < 1.29 is 0 Å². The van der Waals surface area contributed by atoms with E-state index in [4.69, 9.17) is 0 Å². The van der Waals surface area contributed by atoms with Crippen LogP contribution >= 0.6 is 12.6 Å². The lowest BCUT2D eigenvalue weighted by molar-refractivity contribution is 0.414. The molecule has 0 aromatic rings. The fourth-order valence-electron chi connectivity index (χ4n) is 1.77. The molecule has 1 saturated carbocycles. The smallest absolute Gasteiger partial charge is 0.0108 e. The van der Waals surface area contributed by atoms with Crippen LogP contribution in [0.2, 0.25) is 0 Å². The second-order valence-electron chi connectivity index (χ2n) is 3.37. The van der Waals surface area contributed by atoms with E-state index in [0.717, 1.165) is 12.3 Å². The van der Waals surface area contributed by atoms with E-state index in [-0.39, 0.29) is 0 Å². The third-order valence-electron chi connectivity index (χ3n) is 2.44. The first kappa shape index (κ1) is 9.18. The van der Waals surface area contributed by atoms with Crippen molar-refractivity contribution in [3.63, 3.8) is 0 Å². The predicted octanol–water partition coefficient (Wildman–Crippen LogP) is 3.79. The van der Waals surface area contributed by atoms with Crippen molar-refractivity contribution in [1.82, 2.24) is 0 Å². The van der Waals surface area contributed by atoms with Crippen LogP contribution in [0.5, 0.6) is 0 Å². The Bertz CT molecular complexity index is 132. The second kappa shape index (κ2) is 4.87. The fraction of sp³-hybridized carbons (Fsp3) is 0.800. The van der Waals surface area contributed by atoms with Gasteiger partial charge in [-0.15, -0.1) is 12.6 Å². The average Bonchev–Trinajstić information content (AvgIpc) is 2.07. The molecule has 0 unspecified atom stereocenters. The normalized spacial score (nSPS) is 22.2. The third-order valence-corrected chi connectivity index (χ3v) is 2.98. The molecule has 0 aliphatic heterocycles. The van der Waals surface area contributed by atoms with E-state index >= 15 is 0 Å². The van der Waals surface area contributed by atoms with E-state index in [9.17, 15) is 0 Å². The Labute approximate surface area is 75.5 Å². The summed E-state index contributed by atoms with van der Waals surface area (Å²) in [7, 11) is 0. The maximum absolute atomic E-state index is 4.51.